The predicted molar refractivity (Wildman–Crippen MR) is 98.0 cm³/mol. The first-order valence-electron chi connectivity index (χ1n) is 8.88. The van der Waals surface area contributed by atoms with Gasteiger partial charge in [-0.1, -0.05) is 32.0 Å². The van der Waals surface area contributed by atoms with Crippen LogP contribution in [0.25, 0.3) is 0 Å². The summed E-state index contributed by atoms with van der Waals surface area (Å²) in [5.41, 5.74) is 4.77. The zero-order valence-corrected chi connectivity index (χ0v) is 15.3. The maximum absolute atomic E-state index is 12.8. The number of nitrogens with zero attached hydrogens (tertiary/aromatic N) is 1. The highest BCUT2D eigenvalue weighted by atomic mass is 16.2. The number of hydrogen-bond donors (Lipinski definition) is 2. The van der Waals surface area contributed by atoms with Crippen molar-refractivity contribution in [1.82, 2.24) is 15.5 Å². The topological polar surface area (TPSA) is 74.8 Å². The Labute approximate surface area is 147 Å². The fourth-order valence-corrected chi connectivity index (χ4v) is 3.46. The number of nitrogens with one attached hydrogen (secondary N) is 2. The quantitative estimate of drug-likeness (QED) is 0.901. The molecule has 132 valence electrons. The van der Waals surface area contributed by atoms with Gasteiger partial charge >= 0.3 is 0 Å². The van der Waals surface area contributed by atoms with E-state index in [0.717, 1.165) is 19.3 Å². The summed E-state index contributed by atoms with van der Waals surface area (Å²) in [7, 11) is 0. The molecule has 0 aliphatic heterocycles. The Kier molecular flexibility index (Phi) is 4.75. The van der Waals surface area contributed by atoms with Crippen LogP contribution in [-0.2, 0) is 6.42 Å². The number of amides is 1. The molecule has 0 saturated carbocycles. The highest BCUT2D eigenvalue weighted by Crippen LogP contribution is 2.32. The maximum Gasteiger partial charge on any atom is 0.277 e. The number of aromatic nitrogens is 2. The number of carbonyl (C=O) groups is 1. The second-order valence-electron chi connectivity index (χ2n) is 7.17. The van der Waals surface area contributed by atoms with E-state index < -0.39 is 5.56 Å². The van der Waals surface area contributed by atoms with E-state index in [1.807, 2.05) is 0 Å². The van der Waals surface area contributed by atoms with E-state index in [-0.39, 0.29) is 17.5 Å². The molecule has 0 fully saturated rings. The van der Waals surface area contributed by atoms with E-state index in [0.29, 0.717) is 17.2 Å². The van der Waals surface area contributed by atoms with Crippen molar-refractivity contribution in [3.8, 4) is 0 Å². The van der Waals surface area contributed by atoms with E-state index in [4.69, 9.17) is 0 Å². The van der Waals surface area contributed by atoms with Crippen LogP contribution in [-0.4, -0.2) is 16.1 Å². The van der Waals surface area contributed by atoms with Crippen molar-refractivity contribution in [2.75, 3.05) is 0 Å². The van der Waals surface area contributed by atoms with Crippen LogP contribution >= 0.6 is 0 Å². The van der Waals surface area contributed by atoms with Crippen molar-refractivity contribution in [2.45, 2.75) is 58.9 Å². The van der Waals surface area contributed by atoms with Crippen molar-refractivity contribution < 1.29 is 4.79 Å². The Morgan fingerprint density at radius 3 is 2.80 bits per heavy atom. The number of benzene rings is 1. The number of carbonyl (C=O) groups excluding carboxylic acids is 1. The van der Waals surface area contributed by atoms with Crippen molar-refractivity contribution in [1.29, 1.82) is 0 Å². The van der Waals surface area contributed by atoms with Crippen molar-refractivity contribution in [3.63, 3.8) is 0 Å². The molecular weight excluding hydrogens is 314 g/mol. The highest BCUT2D eigenvalue weighted by molar-refractivity contribution is 5.95. The molecule has 1 heterocycles. The van der Waals surface area contributed by atoms with Crippen molar-refractivity contribution >= 4 is 5.91 Å². The standard InChI is InChI=1S/C20H25N3O2/c1-11(2)15-9-8-14-6-5-7-17(16(14)10-15)21-19(24)18-12(3)13(4)22-23-20(18)25/h8-11,17H,5-7H2,1-4H3,(H,21,24)(H,23,25)/t17-/m0/s1. The molecule has 1 aliphatic carbocycles. The number of H-pyrrole nitrogens is 1. The van der Waals surface area contributed by atoms with Gasteiger partial charge in [0.2, 0.25) is 0 Å². The normalized spacial score (nSPS) is 16.6. The molecular formula is C20H25N3O2. The first-order valence-corrected chi connectivity index (χ1v) is 8.88. The van der Waals surface area contributed by atoms with Gasteiger partial charge in [0.25, 0.3) is 11.5 Å². The minimum atomic E-state index is -0.437. The molecule has 1 aromatic heterocycles. The Morgan fingerprint density at radius 2 is 2.08 bits per heavy atom. The number of fused-ring (bicyclic) bond motifs is 1. The van der Waals surface area contributed by atoms with E-state index in [2.05, 4.69) is 47.6 Å². The minimum Gasteiger partial charge on any atom is -0.345 e. The number of rotatable bonds is 3. The molecule has 25 heavy (non-hydrogen) atoms. The van der Waals surface area contributed by atoms with E-state index in [1.165, 1.54) is 16.7 Å². The zero-order chi connectivity index (χ0) is 18.1. The van der Waals surface area contributed by atoms with Crippen LogP contribution in [0.3, 0.4) is 0 Å². The van der Waals surface area contributed by atoms with Crippen LogP contribution in [0, 0.1) is 13.8 Å². The molecule has 0 spiro atoms. The van der Waals surface area contributed by atoms with Gasteiger partial charge in [0.05, 0.1) is 11.7 Å². The Balaban J connectivity index is 1.93. The lowest BCUT2D eigenvalue weighted by molar-refractivity contribution is 0.0930. The molecule has 0 saturated heterocycles. The van der Waals surface area contributed by atoms with Crippen molar-refractivity contribution in [3.05, 3.63) is 62.1 Å². The first kappa shape index (κ1) is 17.4. The molecule has 1 atom stereocenters. The number of aromatic amines is 1. The average molecular weight is 339 g/mol. The summed E-state index contributed by atoms with van der Waals surface area (Å²) in [6.45, 7) is 7.88. The monoisotopic (exact) mass is 339 g/mol. The fraction of sp³-hybridized carbons (Fsp3) is 0.450. The van der Waals surface area contributed by atoms with Gasteiger partial charge in [0, 0.05) is 0 Å². The molecule has 0 radical (unpaired) electrons. The number of hydrogen-bond acceptors (Lipinski definition) is 3. The molecule has 5 nitrogen and oxygen atoms in total. The summed E-state index contributed by atoms with van der Waals surface area (Å²) in [6.07, 6.45) is 2.96. The van der Waals surface area contributed by atoms with Gasteiger partial charge in [-0.2, -0.15) is 5.10 Å². The van der Waals surface area contributed by atoms with Crippen LogP contribution in [0.15, 0.2) is 23.0 Å². The SMILES string of the molecule is Cc1n[nH]c(=O)c(C(=O)N[C@H]2CCCc3ccc(C(C)C)cc32)c1C. The van der Waals surface area contributed by atoms with Gasteiger partial charge in [0.15, 0.2) is 0 Å². The molecule has 2 N–H and O–H groups in total. The third kappa shape index (κ3) is 3.36. The van der Waals surface area contributed by atoms with E-state index in [9.17, 15) is 9.59 Å². The van der Waals surface area contributed by atoms with Gasteiger partial charge in [-0.25, -0.2) is 5.10 Å². The van der Waals surface area contributed by atoms with Gasteiger partial charge in [-0.05, 0) is 61.3 Å². The Hall–Kier alpha value is -2.43. The third-order valence-corrected chi connectivity index (χ3v) is 5.15. The molecule has 1 aliphatic rings. The lowest BCUT2D eigenvalue weighted by Gasteiger charge is -2.27. The summed E-state index contributed by atoms with van der Waals surface area (Å²) < 4.78 is 0. The van der Waals surface area contributed by atoms with Crippen LogP contribution in [0.2, 0.25) is 0 Å². The summed E-state index contributed by atoms with van der Waals surface area (Å²) in [5, 5.41) is 9.40. The highest BCUT2D eigenvalue weighted by Gasteiger charge is 2.25. The third-order valence-electron chi connectivity index (χ3n) is 5.15. The Morgan fingerprint density at radius 1 is 1.32 bits per heavy atom. The summed E-state index contributed by atoms with van der Waals surface area (Å²) >= 11 is 0. The van der Waals surface area contributed by atoms with Crippen LogP contribution < -0.4 is 10.9 Å². The van der Waals surface area contributed by atoms with Gasteiger partial charge in [-0.3, -0.25) is 9.59 Å². The fourth-order valence-electron chi connectivity index (χ4n) is 3.46. The zero-order valence-electron chi connectivity index (χ0n) is 15.3. The largest absolute Gasteiger partial charge is 0.345 e. The number of aryl methyl sites for hydroxylation is 2. The second-order valence-corrected chi connectivity index (χ2v) is 7.17. The summed E-state index contributed by atoms with van der Waals surface area (Å²) in [4.78, 5) is 24.9. The lowest BCUT2D eigenvalue weighted by Crippen LogP contribution is -2.35. The molecule has 2 aromatic rings. The minimum absolute atomic E-state index is 0.0535. The molecule has 1 aromatic carbocycles. The molecule has 5 heteroatoms. The van der Waals surface area contributed by atoms with E-state index >= 15 is 0 Å². The van der Waals surface area contributed by atoms with Gasteiger partial charge in [0.1, 0.15) is 5.56 Å². The van der Waals surface area contributed by atoms with Crippen LogP contribution in [0.1, 0.15) is 77.0 Å². The molecule has 1 amide bonds. The second kappa shape index (κ2) is 6.82. The van der Waals surface area contributed by atoms with Crippen LogP contribution in [0.5, 0.6) is 0 Å². The van der Waals surface area contributed by atoms with E-state index in [1.54, 1.807) is 13.8 Å². The molecule has 3 rings (SSSR count). The van der Waals surface area contributed by atoms with Crippen molar-refractivity contribution in [2.24, 2.45) is 0 Å². The van der Waals surface area contributed by atoms with Gasteiger partial charge < -0.3 is 5.32 Å². The summed E-state index contributed by atoms with van der Waals surface area (Å²) in [6, 6.07) is 6.51. The summed E-state index contributed by atoms with van der Waals surface area (Å²) in [5.74, 6) is 0.119. The van der Waals surface area contributed by atoms with Gasteiger partial charge in [-0.15, -0.1) is 0 Å². The smallest absolute Gasteiger partial charge is 0.277 e. The lowest BCUT2D eigenvalue weighted by atomic mass is 9.85. The average Bonchev–Trinajstić information content (AvgIpc) is 2.58. The predicted octanol–water partition coefficient (Wildman–Crippen LogP) is 3.32. The molecule has 0 bridgehead atoms. The Bertz CT molecular complexity index is 868. The van der Waals surface area contributed by atoms with Crippen LogP contribution in [0.4, 0.5) is 0 Å². The first-order chi connectivity index (χ1) is 11.9. The molecule has 0 unspecified atom stereocenters. The maximum atomic E-state index is 12.8.